The van der Waals surface area contributed by atoms with E-state index in [1.165, 1.54) is 0 Å². The van der Waals surface area contributed by atoms with Gasteiger partial charge in [-0.05, 0) is 58.6 Å². The average molecular weight is 470 g/mol. The van der Waals surface area contributed by atoms with E-state index < -0.39 is 0 Å². The summed E-state index contributed by atoms with van der Waals surface area (Å²) in [6, 6.07) is 14.9. The highest BCUT2D eigenvalue weighted by Gasteiger charge is 2.35. The molecule has 1 unspecified atom stereocenters. The molecule has 2 heterocycles. The number of nitrogens with one attached hydrogen (secondary N) is 1. The molecule has 0 saturated carbocycles. The number of hydrogen-bond acceptors (Lipinski definition) is 3. The number of carbonyl (C=O) groups is 3. The second-order valence-corrected chi connectivity index (χ2v) is 8.63. The van der Waals surface area contributed by atoms with Crippen LogP contribution in [0.4, 0.5) is 5.69 Å². The zero-order valence-corrected chi connectivity index (χ0v) is 18.2. The lowest BCUT2D eigenvalue weighted by Gasteiger charge is -2.18. The Balaban J connectivity index is 1.32. The van der Waals surface area contributed by atoms with Crippen LogP contribution < -0.4 is 10.2 Å². The van der Waals surface area contributed by atoms with Gasteiger partial charge in [-0.25, -0.2) is 0 Å². The van der Waals surface area contributed by atoms with Crippen LogP contribution in [-0.2, 0) is 16.1 Å². The minimum absolute atomic E-state index is 0.0492. The lowest BCUT2D eigenvalue weighted by atomic mass is 10.1. The molecule has 30 heavy (non-hydrogen) atoms. The van der Waals surface area contributed by atoms with Crippen LogP contribution in [0, 0.1) is 5.92 Å². The van der Waals surface area contributed by atoms with Gasteiger partial charge in [0.1, 0.15) is 0 Å². The van der Waals surface area contributed by atoms with Crippen LogP contribution in [0.3, 0.4) is 0 Å². The molecule has 2 fully saturated rings. The van der Waals surface area contributed by atoms with Crippen LogP contribution >= 0.6 is 15.9 Å². The minimum atomic E-state index is -0.374. The number of benzene rings is 2. The zero-order valence-electron chi connectivity index (χ0n) is 16.6. The van der Waals surface area contributed by atoms with E-state index in [2.05, 4.69) is 21.2 Å². The Morgan fingerprint density at radius 2 is 1.73 bits per heavy atom. The third kappa shape index (κ3) is 4.41. The lowest BCUT2D eigenvalue weighted by Crippen LogP contribution is -2.32. The summed E-state index contributed by atoms with van der Waals surface area (Å²) in [4.78, 5) is 41.0. The van der Waals surface area contributed by atoms with Gasteiger partial charge in [-0.2, -0.15) is 0 Å². The third-order valence-electron chi connectivity index (χ3n) is 5.70. The van der Waals surface area contributed by atoms with Crippen molar-refractivity contribution in [2.75, 3.05) is 24.5 Å². The Labute approximate surface area is 184 Å². The van der Waals surface area contributed by atoms with Gasteiger partial charge in [-0.15, -0.1) is 0 Å². The van der Waals surface area contributed by atoms with Gasteiger partial charge in [0, 0.05) is 42.6 Å². The van der Waals surface area contributed by atoms with Gasteiger partial charge in [0.15, 0.2) is 0 Å². The summed E-state index contributed by atoms with van der Waals surface area (Å²) in [5.41, 5.74) is 2.39. The molecule has 6 nitrogen and oxygen atoms in total. The number of anilines is 1. The molecular weight excluding hydrogens is 446 g/mol. The molecule has 2 saturated heterocycles. The van der Waals surface area contributed by atoms with Crippen LogP contribution in [-0.4, -0.2) is 42.3 Å². The van der Waals surface area contributed by atoms with Gasteiger partial charge in [0.05, 0.1) is 11.6 Å². The molecule has 156 valence electrons. The summed E-state index contributed by atoms with van der Waals surface area (Å²) in [5, 5.41) is 2.93. The first kappa shape index (κ1) is 20.6. The maximum Gasteiger partial charge on any atom is 0.253 e. The highest BCUT2D eigenvalue weighted by atomic mass is 79.9. The predicted molar refractivity (Wildman–Crippen MR) is 118 cm³/mol. The van der Waals surface area contributed by atoms with E-state index in [1.807, 2.05) is 53.4 Å². The molecule has 4 rings (SSSR count). The number of carbonyl (C=O) groups excluding carboxylic acids is 3. The van der Waals surface area contributed by atoms with Gasteiger partial charge >= 0.3 is 0 Å². The first-order valence-corrected chi connectivity index (χ1v) is 11.0. The second kappa shape index (κ2) is 9.00. The second-order valence-electron chi connectivity index (χ2n) is 7.77. The first-order chi connectivity index (χ1) is 14.5. The zero-order chi connectivity index (χ0) is 21.1. The molecule has 0 aliphatic carbocycles. The van der Waals surface area contributed by atoms with Crippen molar-refractivity contribution < 1.29 is 14.4 Å². The molecule has 0 spiro atoms. The van der Waals surface area contributed by atoms with Crippen molar-refractivity contribution in [1.82, 2.24) is 10.2 Å². The molecule has 2 aromatic rings. The van der Waals surface area contributed by atoms with Crippen molar-refractivity contribution in [3.8, 4) is 0 Å². The number of para-hydroxylation sites is 1. The van der Waals surface area contributed by atoms with Gasteiger partial charge in [-0.3, -0.25) is 14.4 Å². The van der Waals surface area contributed by atoms with Crippen molar-refractivity contribution in [3.05, 3.63) is 64.1 Å². The van der Waals surface area contributed by atoms with E-state index in [-0.39, 0.29) is 30.1 Å². The molecule has 2 aromatic carbocycles. The normalized spacial score (nSPS) is 18.7. The Hall–Kier alpha value is -2.67. The number of amides is 3. The number of likely N-dealkylation sites (tertiary alicyclic amines) is 1. The summed E-state index contributed by atoms with van der Waals surface area (Å²) >= 11 is 3.47. The van der Waals surface area contributed by atoms with Gasteiger partial charge in [-0.1, -0.05) is 24.3 Å². The molecule has 0 radical (unpaired) electrons. The van der Waals surface area contributed by atoms with E-state index in [9.17, 15) is 14.4 Å². The van der Waals surface area contributed by atoms with Gasteiger partial charge < -0.3 is 15.1 Å². The van der Waals surface area contributed by atoms with E-state index in [0.717, 1.165) is 41.7 Å². The average Bonchev–Trinajstić information content (AvgIpc) is 3.42. The fraction of sp³-hybridized carbons (Fsp3) is 0.348. The highest BCUT2D eigenvalue weighted by Crippen LogP contribution is 2.31. The Kier molecular flexibility index (Phi) is 6.18. The molecule has 1 atom stereocenters. The summed E-state index contributed by atoms with van der Waals surface area (Å²) in [5.74, 6) is -0.484. The first-order valence-electron chi connectivity index (χ1n) is 10.2. The molecule has 2 aliphatic heterocycles. The number of hydrogen-bond donors (Lipinski definition) is 1. The quantitative estimate of drug-likeness (QED) is 0.729. The predicted octanol–water partition coefficient (Wildman–Crippen LogP) is 3.35. The SMILES string of the molecule is O=C(NCc1ccc(C(=O)N2CCCC2)cc1)C1CC(=O)N(c2ccccc2Br)C1. The molecule has 2 aliphatic rings. The van der Waals surface area contributed by atoms with E-state index in [0.29, 0.717) is 18.7 Å². The van der Waals surface area contributed by atoms with Crippen molar-refractivity contribution in [2.24, 2.45) is 5.92 Å². The van der Waals surface area contributed by atoms with Crippen molar-refractivity contribution >= 4 is 39.3 Å². The largest absolute Gasteiger partial charge is 0.352 e. The summed E-state index contributed by atoms with van der Waals surface area (Å²) in [7, 11) is 0. The van der Waals surface area contributed by atoms with E-state index in [1.54, 1.807) is 4.90 Å². The number of nitrogens with zero attached hydrogens (tertiary/aromatic N) is 2. The summed E-state index contributed by atoms with van der Waals surface area (Å²) in [6.45, 7) is 2.40. The highest BCUT2D eigenvalue weighted by molar-refractivity contribution is 9.10. The Bertz CT molecular complexity index is 954. The standard InChI is InChI=1S/C23H24BrN3O3/c24-19-5-1-2-6-20(19)27-15-18(13-21(27)28)22(29)25-14-16-7-9-17(10-8-16)23(30)26-11-3-4-12-26/h1-2,5-10,18H,3-4,11-15H2,(H,25,29). The summed E-state index contributed by atoms with van der Waals surface area (Å²) < 4.78 is 0.836. The van der Waals surface area contributed by atoms with Crippen LogP contribution in [0.5, 0.6) is 0 Å². The monoisotopic (exact) mass is 469 g/mol. The molecule has 0 aromatic heterocycles. The molecule has 7 heteroatoms. The maximum atomic E-state index is 12.6. The van der Waals surface area contributed by atoms with E-state index >= 15 is 0 Å². The van der Waals surface area contributed by atoms with Crippen LogP contribution in [0.25, 0.3) is 0 Å². The van der Waals surface area contributed by atoms with Crippen molar-refractivity contribution in [3.63, 3.8) is 0 Å². The van der Waals surface area contributed by atoms with Gasteiger partial charge in [0.25, 0.3) is 5.91 Å². The van der Waals surface area contributed by atoms with Crippen LogP contribution in [0.15, 0.2) is 53.0 Å². The lowest BCUT2D eigenvalue weighted by molar-refractivity contribution is -0.126. The Morgan fingerprint density at radius 1 is 1.03 bits per heavy atom. The van der Waals surface area contributed by atoms with Crippen molar-refractivity contribution in [2.45, 2.75) is 25.8 Å². The summed E-state index contributed by atoms with van der Waals surface area (Å²) in [6.07, 6.45) is 2.34. The molecular formula is C23H24BrN3O3. The van der Waals surface area contributed by atoms with Crippen LogP contribution in [0.1, 0.15) is 35.2 Å². The third-order valence-corrected chi connectivity index (χ3v) is 6.37. The Morgan fingerprint density at radius 3 is 2.43 bits per heavy atom. The molecule has 1 N–H and O–H groups in total. The fourth-order valence-corrected chi connectivity index (χ4v) is 4.49. The van der Waals surface area contributed by atoms with Gasteiger partial charge in [0.2, 0.25) is 11.8 Å². The van der Waals surface area contributed by atoms with Crippen molar-refractivity contribution in [1.29, 1.82) is 0 Å². The fourth-order valence-electron chi connectivity index (χ4n) is 3.99. The van der Waals surface area contributed by atoms with E-state index in [4.69, 9.17) is 0 Å². The van der Waals surface area contributed by atoms with Crippen LogP contribution in [0.2, 0.25) is 0 Å². The number of halogens is 1. The minimum Gasteiger partial charge on any atom is -0.352 e. The topological polar surface area (TPSA) is 69.7 Å². The molecule has 0 bridgehead atoms. The maximum absolute atomic E-state index is 12.6. The smallest absolute Gasteiger partial charge is 0.253 e. The molecule has 3 amide bonds. The number of rotatable bonds is 5.